The zero-order valence-electron chi connectivity index (χ0n) is 14.2. The first-order chi connectivity index (χ1) is 11.2. The van der Waals surface area contributed by atoms with E-state index in [0.717, 1.165) is 0 Å². The molecule has 0 aliphatic rings. The molecule has 0 saturated carbocycles. The molecule has 1 aromatic rings. The predicted octanol–water partition coefficient (Wildman–Crippen LogP) is 1.24. The van der Waals surface area contributed by atoms with Crippen LogP contribution in [0.1, 0.15) is 20.8 Å². The van der Waals surface area contributed by atoms with Gasteiger partial charge in [-0.05, 0) is 32.9 Å². The van der Waals surface area contributed by atoms with Crippen molar-refractivity contribution in [1.82, 2.24) is 10.6 Å². The lowest BCUT2D eigenvalue weighted by molar-refractivity contribution is -0.150. The smallest absolute Gasteiger partial charge is 0.344 e. The van der Waals surface area contributed by atoms with Crippen molar-refractivity contribution < 1.29 is 28.6 Å². The van der Waals surface area contributed by atoms with Crippen LogP contribution in [0.15, 0.2) is 24.3 Å². The van der Waals surface area contributed by atoms with Gasteiger partial charge in [-0.2, -0.15) is 0 Å². The molecule has 0 unspecified atom stereocenters. The van der Waals surface area contributed by atoms with Crippen LogP contribution in [0, 0.1) is 0 Å². The van der Waals surface area contributed by atoms with Crippen LogP contribution < -0.4 is 20.1 Å². The standard InChI is InChI=1S/C16H22N2O6/c1-16(2,3)18-15(21)17-13(19)9-24-14(20)10-23-12-8-6-5-7-11(12)22-4/h5-8H,9-10H2,1-4H3,(H2,17,18,19,21). The quantitative estimate of drug-likeness (QED) is 0.757. The number of esters is 1. The summed E-state index contributed by atoms with van der Waals surface area (Å²) in [7, 11) is 1.48. The van der Waals surface area contributed by atoms with E-state index in [9.17, 15) is 14.4 Å². The molecule has 1 aromatic carbocycles. The van der Waals surface area contributed by atoms with E-state index >= 15 is 0 Å². The molecule has 0 spiro atoms. The van der Waals surface area contributed by atoms with Gasteiger partial charge >= 0.3 is 12.0 Å². The second kappa shape index (κ2) is 8.76. The highest BCUT2D eigenvalue weighted by Gasteiger charge is 2.16. The number of hydrogen-bond acceptors (Lipinski definition) is 6. The number of para-hydroxylation sites is 2. The maximum Gasteiger partial charge on any atom is 0.344 e. The minimum Gasteiger partial charge on any atom is -0.493 e. The Morgan fingerprint density at radius 1 is 1.04 bits per heavy atom. The maximum atomic E-state index is 11.6. The summed E-state index contributed by atoms with van der Waals surface area (Å²) in [5.41, 5.74) is -0.483. The molecule has 2 N–H and O–H groups in total. The number of carbonyl (C=O) groups excluding carboxylic acids is 3. The number of imide groups is 1. The van der Waals surface area contributed by atoms with E-state index in [4.69, 9.17) is 14.2 Å². The second-order valence-electron chi connectivity index (χ2n) is 5.85. The van der Waals surface area contributed by atoms with Crippen molar-refractivity contribution in [3.63, 3.8) is 0 Å². The van der Waals surface area contributed by atoms with Gasteiger partial charge in [-0.3, -0.25) is 10.1 Å². The lowest BCUT2D eigenvalue weighted by Crippen LogP contribution is -2.49. The molecule has 0 saturated heterocycles. The maximum absolute atomic E-state index is 11.6. The molecule has 1 rings (SSSR count). The summed E-state index contributed by atoms with van der Waals surface area (Å²) in [5, 5.41) is 4.60. The van der Waals surface area contributed by atoms with Crippen LogP contribution in [0.3, 0.4) is 0 Å². The van der Waals surface area contributed by atoms with Crippen LogP contribution in [-0.2, 0) is 14.3 Å². The minimum atomic E-state index is -0.743. The van der Waals surface area contributed by atoms with E-state index < -0.39 is 30.1 Å². The summed E-state index contributed by atoms with van der Waals surface area (Å²) < 4.78 is 15.1. The molecule has 0 aromatic heterocycles. The fourth-order valence-corrected chi connectivity index (χ4v) is 1.60. The monoisotopic (exact) mass is 338 g/mol. The molecule has 24 heavy (non-hydrogen) atoms. The van der Waals surface area contributed by atoms with Crippen molar-refractivity contribution in [3.05, 3.63) is 24.3 Å². The first-order valence-corrected chi connectivity index (χ1v) is 7.24. The van der Waals surface area contributed by atoms with E-state index in [2.05, 4.69) is 10.6 Å². The van der Waals surface area contributed by atoms with Crippen molar-refractivity contribution in [3.8, 4) is 11.5 Å². The number of benzene rings is 1. The number of rotatable bonds is 6. The Morgan fingerprint density at radius 3 is 2.25 bits per heavy atom. The van der Waals surface area contributed by atoms with Gasteiger partial charge in [0.15, 0.2) is 24.7 Å². The van der Waals surface area contributed by atoms with Gasteiger partial charge in [0.2, 0.25) is 0 Å². The van der Waals surface area contributed by atoms with Crippen LogP contribution in [0.25, 0.3) is 0 Å². The fourth-order valence-electron chi connectivity index (χ4n) is 1.60. The second-order valence-corrected chi connectivity index (χ2v) is 5.85. The van der Waals surface area contributed by atoms with Gasteiger partial charge in [-0.15, -0.1) is 0 Å². The molecule has 0 aliphatic carbocycles. The van der Waals surface area contributed by atoms with Crippen molar-refractivity contribution in [2.24, 2.45) is 0 Å². The lowest BCUT2D eigenvalue weighted by atomic mass is 10.1. The normalized spacial score (nSPS) is 10.5. The Morgan fingerprint density at radius 2 is 1.67 bits per heavy atom. The van der Waals surface area contributed by atoms with Gasteiger partial charge in [0.05, 0.1) is 7.11 Å². The molecular formula is C16H22N2O6. The molecule has 8 heteroatoms. The SMILES string of the molecule is COc1ccccc1OCC(=O)OCC(=O)NC(=O)NC(C)(C)C. The van der Waals surface area contributed by atoms with E-state index in [-0.39, 0.29) is 6.61 Å². The molecule has 132 valence electrons. The molecule has 0 heterocycles. The summed E-state index contributed by atoms with van der Waals surface area (Å²) >= 11 is 0. The molecule has 0 aliphatic heterocycles. The summed E-state index contributed by atoms with van der Waals surface area (Å²) in [6.45, 7) is 4.35. The van der Waals surface area contributed by atoms with Crippen LogP contribution in [-0.4, -0.2) is 43.8 Å². The van der Waals surface area contributed by atoms with Gasteiger partial charge in [0.1, 0.15) is 0 Å². The molecule has 0 radical (unpaired) electrons. The Hall–Kier alpha value is -2.77. The number of amides is 3. The molecule has 0 bridgehead atoms. The fraction of sp³-hybridized carbons (Fsp3) is 0.438. The molecule has 0 atom stereocenters. The molecular weight excluding hydrogens is 316 g/mol. The molecule has 3 amide bonds. The number of nitrogens with one attached hydrogen (secondary N) is 2. The number of ether oxygens (including phenoxy) is 3. The highest BCUT2D eigenvalue weighted by molar-refractivity contribution is 5.95. The summed E-state index contributed by atoms with van der Waals surface area (Å²) in [4.78, 5) is 34.5. The summed E-state index contributed by atoms with van der Waals surface area (Å²) in [6.07, 6.45) is 0. The average Bonchev–Trinajstić information content (AvgIpc) is 2.49. The van der Waals surface area contributed by atoms with Crippen molar-refractivity contribution in [1.29, 1.82) is 0 Å². The van der Waals surface area contributed by atoms with Crippen LogP contribution >= 0.6 is 0 Å². The van der Waals surface area contributed by atoms with E-state index in [1.807, 2.05) is 0 Å². The van der Waals surface area contributed by atoms with E-state index in [1.54, 1.807) is 45.0 Å². The third-order valence-corrected chi connectivity index (χ3v) is 2.52. The topological polar surface area (TPSA) is 103 Å². The number of hydrogen-bond donors (Lipinski definition) is 2. The van der Waals surface area contributed by atoms with Crippen molar-refractivity contribution in [2.75, 3.05) is 20.3 Å². The number of methoxy groups -OCH3 is 1. The Kier molecular flexibility index (Phi) is 7.03. The van der Waals surface area contributed by atoms with Crippen molar-refractivity contribution in [2.45, 2.75) is 26.3 Å². The Labute approximate surface area is 140 Å². The largest absolute Gasteiger partial charge is 0.493 e. The van der Waals surface area contributed by atoms with E-state index in [0.29, 0.717) is 11.5 Å². The molecule has 8 nitrogen and oxygen atoms in total. The third-order valence-electron chi connectivity index (χ3n) is 2.52. The van der Waals surface area contributed by atoms with Gasteiger partial charge in [-0.25, -0.2) is 9.59 Å². The van der Waals surface area contributed by atoms with Gasteiger partial charge in [0.25, 0.3) is 5.91 Å². The first kappa shape index (κ1) is 19.3. The zero-order chi connectivity index (χ0) is 18.2. The van der Waals surface area contributed by atoms with Gasteiger partial charge in [-0.1, -0.05) is 12.1 Å². The first-order valence-electron chi connectivity index (χ1n) is 7.24. The van der Waals surface area contributed by atoms with Crippen LogP contribution in [0.5, 0.6) is 11.5 Å². The highest BCUT2D eigenvalue weighted by Crippen LogP contribution is 2.25. The average molecular weight is 338 g/mol. The highest BCUT2D eigenvalue weighted by atomic mass is 16.6. The predicted molar refractivity (Wildman–Crippen MR) is 85.9 cm³/mol. The molecule has 0 fully saturated rings. The van der Waals surface area contributed by atoms with Crippen LogP contribution in [0.2, 0.25) is 0 Å². The summed E-state index contributed by atoms with van der Waals surface area (Å²) in [6, 6.07) is 6.15. The Balaban J connectivity index is 2.33. The summed E-state index contributed by atoms with van der Waals surface area (Å²) in [5.74, 6) is -0.623. The minimum absolute atomic E-state index is 0.381. The third kappa shape index (κ3) is 7.48. The van der Waals surface area contributed by atoms with Crippen LogP contribution in [0.4, 0.5) is 4.79 Å². The van der Waals surface area contributed by atoms with Crippen molar-refractivity contribution >= 4 is 17.9 Å². The number of carbonyl (C=O) groups is 3. The Bertz CT molecular complexity index is 594. The number of urea groups is 1. The van der Waals surface area contributed by atoms with Gasteiger partial charge < -0.3 is 19.5 Å². The van der Waals surface area contributed by atoms with E-state index in [1.165, 1.54) is 7.11 Å². The zero-order valence-corrected chi connectivity index (χ0v) is 14.2. The van der Waals surface area contributed by atoms with Gasteiger partial charge in [0, 0.05) is 5.54 Å². The lowest BCUT2D eigenvalue weighted by Gasteiger charge is -2.20.